The molecular weight excluding hydrogens is 406 g/mol. The van der Waals surface area contributed by atoms with Crippen molar-refractivity contribution in [1.29, 1.82) is 0 Å². The van der Waals surface area contributed by atoms with Gasteiger partial charge in [-0.2, -0.15) is 0 Å². The number of aliphatic imine (C=N–C) groups is 1. The Hall–Kier alpha value is -2.77. The Morgan fingerprint density at radius 2 is 1.72 bits per heavy atom. The molecule has 0 saturated carbocycles. The zero-order valence-corrected chi connectivity index (χ0v) is 18.8. The van der Waals surface area contributed by atoms with Crippen LogP contribution in [0.4, 0.5) is 5.69 Å². The predicted octanol–water partition coefficient (Wildman–Crippen LogP) is 4.12. The Bertz CT molecular complexity index is 879. The molecule has 2 N–H and O–H groups in total. The molecule has 7 heteroatoms. The zero-order valence-electron chi connectivity index (χ0n) is 18.8. The van der Waals surface area contributed by atoms with Crippen LogP contribution in [0.1, 0.15) is 37.3 Å². The number of fused-ring (bicyclic) bond motifs is 1. The van der Waals surface area contributed by atoms with Gasteiger partial charge in [-0.1, -0.05) is 24.3 Å². The van der Waals surface area contributed by atoms with Crippen molar-refractivity contribution in [2.75, 3.05) is 38.3 Å². The summed E-state index contributed by atoms with van der Waals surface area (Å²) in [5, 5.41) is 6.66. The highest BCUT2D eigenvalue weighted by Gasteiger charge is 2.14. The normalized spacial score (nSPS) is 17.0. The number of ether oxygens (including phenoxy) is 4. The van der Waals surface area contributed by atoms with Gasteiger partial charge in [0.05, 0.1) is 32.5 Å². The van der Waals surface area contributed by atoms with E-state index in [0.29, 0.717) is 32.5 Å². The number of hydrogen-bond acceptors (Lipinski definition) is 5. The van der Waals surface area contributed by atoms with Gasteiger partial charge in [0.25, 0.3) is 0 Å². The number of guanidine groups is 1. The fourth-order valence-corrected chi connectivity index (χ4v) is 3.65. The maximum absolute atomic E-state index is 6.01. The maximum Gasteiger partial charge on any atom is 0.196 e. The first-order chi connectivity index (χ1) is 15.8. The second-order valence-electron chi connectivity index (χ2n) is 7.97. The van der Waals surface area contributed by atoms with Crippen LogP contribution in [0.3, 0.4) is 0 Å². The van der Waals surface area contributed by atoms with Crippen LogP contribution in [-0.4, -0.2) is 45.0 Å². The molecule has 0 atom stereocenters. The lowest BCUT2D eigenvalue weighted by Gasteiger charge is -2.22. The quantitative estimate of drug-likeness (QED) is 0.499. The Labute approximate surface area is 190 Å². The molecular formula is C25H33N3O4. The fourth-order valence-electron chi connectivity index (χ4n) is 3.65. The standard InChI is InChI=1S/C25H33N3O4/c1-2-26-25(28-21-8-9-23-24(16-21)31-13-3-12-30-23)27-17-19-4-6-20(7-5-19)18-32-22-10-14-29-15-11-22/h4-9,16,22H,2-3,10-15,17-18H2,1H3,(H2,26,27,28). The molecule has 2 aliphatic rings. The van der Waals surface area contributed by atoms with E-state index in [9.17, 15) is 0 Å². The first-order valence-corrected chi connectivity index (χ1v) is 11.5. The molecule has 2 aromatic rings. The van der Waals surface area contributed by atoms with Gasteiger partial charge in [0.15, 0.2) is 17.5 Å². The van der Waals surface area contributed by atoms with E-state index in [2.05, 4.69) is 41.8 Å². The second-order valence-corrected chi connectivity index (χ2v) is 7.97. The van der Waals surface area contributed by atoms with Gasteiger partial charge in [0.2, 0.25) is 0 Å². The van der Waals surface area contributed by atoms with E-state index in [1.165, 1.54) is 5.56 Å². The van der Waals surface area contributed by atoms with Crippen LogP contribution >= 0.6 is 0 Å². The van der Waals surface area contributed by atoms with Gasteiger partial charge in [-0.3, -0.25) is 0 Å². The lowest BCUT2D eigenvalue weighted by Crippen LogP contribution is -2.30. The summed E-state index contributed by atoms with van der Waals surface area (Å²) >= 11 is 0. The largest absolute Gasteiger partial charge is 0.490 e. The predicted molar refractivity (Wildman–Crippen MR) is 126 cm³/mol. The molecule has 32 heavy (non-hydrogen) atoms. The molecule has 0 aliphatic carbocycles. The Morgan fingerprint density at radius 1 is 0.969 bits per heavy atom. The van der Waals surface area contributed by atoms with E-state index in [-0.39, 0.29) is 0 Å². The highest BCUT2D eigenvalue weighted by molar-refractivity contribution is 5.93. The third-order valence-electron chi connectivity index (χ3n) is 5.45. The monoisotopic (exact) mass is 439 g/mol. The minimum Gasteiger partial charge on any atom is -0.490 e. The van der Waals surface area contributed by atoms with E-state index in [4.69, 9.17) is 23.9 Å². The summed E-state index contributed by atoms with van der Waals surface area (Å²) in [7, 11) is 0. The number of rotatable bonds is 7. The van der Waals surface area contributed by atoms with E-state index in [1.54, 1.807) is 0 Å². The summed E-state index contributed by atoms with van der Waals surface area (Å²) in [6, 6.07) is 14.3. The summed E-state index contributed by atoms with van der Waals surface area (Å²) in [5.74, 6) is 2.28. The molecule has 2 aliphatic heterocycles. The average molecular weight is 440 g/mol. The Balaban J connectivity index is 1.33. The summed E-state index contributed by atoms with van der Waals surface area (Å²) in [5.41, 5.74) is 3.24. The van der Waals surface area contributed by atoms with Crippen LogP contribution in [-0.2, 0) is 22.6 Å². The third-order valence-corrected chi connectivity index (χ3v) is 5.45. The van der Waals surface area contributed by atoms with Crippen LogP contribution in [0, 0.1) is 0 Å². The molecule has 7 nitrogen and oxygen atoms in total. The van der Waals surface area contributed by atoms with Crippen LogP contribution < -0.4 is 20.1 Å². The molecule has 4 rings (SSSR count). The smallest absolute Gasteiger partial charge is 0.196 e. The van der Waals surface area contributed by atoms with Crippen molar-refractivity contribution in [2.45, 2.75) is 45.4 Å². The maximum atomic E-state index is 6.01. The highest BCUT2D eigenvalue weighted by atomic mass is 16.5. The van der Waals surface area contributed by atoms with Crippen molar-refractivity contribution in [1.82, 2.24) is 5.32 Å². The molecule has 0 radical (unpaired) electrons. The number of benzene rings is 2. The average Bonchev–Trinajstić information content (AvgIpc) is 3.08. The number of nitrogens with one attached hydrogen (secondary N) is 2. The molecule has 172 valence electrons. The first-order valence-electron chi connectivity index (χ1n) is 11.5. The van der Waals surface area contributed by atoms with Crippen LogP contribution in [0.2, 0.25) is 0 Å². The molecule has 0 bridgehead atoms. The van der Waals surface area contributed by atoms with Crippen molar-refractivity contribution in [3.05, 3.63) is 53.6 Å². The van der Waals surface area contributed by atoms with E-state index >= 15 is 0 Å². The Morgan fingerprint density at radius 3 is 2.50 bits per heavy atom. The topological polar surface area (TPSA) is 73.3 Å². The molecule has 0 spiro atoms. The van der Waals surface area contributed by atoms with Gasteiger partial charge < -0.3 is 29.6 Å². The number of nitrogens with zero attached hydrogens (tertiary/aromatic N) is 1. The lowest BCUT2D eigenvalue weighted by atomic mass is 10.1. The van der Waals surface area contributed by atoms with E-state index < -0.39 is 0 Å². The SMILES string of the molecule is CCNC(=NCc1ccc(COC2CCOCC2)cc1)Nc1ccc2c(c1)OCCCO2. The molecule has 2 heterocycles. The number of hydrogen-bond donors (Lipinski definition) is 2. The van der Waals surface area contributed by atoms with E-state index in [1.807, 2.05) is 18.2 Å². The molecule has 0 aromatic heterocycles. The molecule has 1 fully saturated rings. The van der Waals surface area contributed by atoms with Crippen LogP contribution in [0.15, 0.2) is 47.5 Å². The van der Waals surface area contributed by atoms with E-state index in [0.717, 1.165) is 67.7 Å². The summed E-state index contributed by atoms with van der Waals surface area (Å²) in [6.45, 7) is 7.01. The highest BCUT2D eigenvalue weighted by Crippen LogP contribution is 2.32. The second kappa shape index (κ2) is 11.7. The minimum absolute atomic E-state index is 0.312. The summed E-state index contributed by atoms with van der Waals surface area (Å²) in [4.78, 5) is 4.74. The number of anilines is 1. The van der Waals surface area contributed by atoms with Crippen molar-refractivity contribution in [3.63, 3.8) is 0 Å². The summed E-state index contributed by atoms with van der Waals surface area (Å²) in [6.07, 6.45) is 3.17. The molecule has 0 unspecified atom stereocenters. The Kier molecular flexibility index (Phi) is 8.23. The van der Waals surface area contributed by atoms with Gasteiger partial charge in [-0.15, -0.1) is 0 Å². The summed E-state index contributed by atoms with van der Waals surface area (Å²) < 4.78 is 22.9. The zero-order chi connectivity index (χ0) is 22.0. The van der Waals surface area contributed by atoms with Crippen molar-refractivity contribution in [3.8, 4) is 11.5 Å². The third kappa shape index (κ3) is 6.61. The molecule has 2 aromatic carbocycles. The lowest BCUT2D eigenvalue weighted by molar-refractivity contribution is -0.0390. The van der Waals surface area contributed by atoms with Crippen LogP contribution in [0.25, 0.3) is 0 Å². The van der Waals surface area contributed by atoms with Crippen LogP contribution in [0.5, 0.6) is 11.5 Å². The van der Waals surface area contributed by atoms with Crippen molar-refractivity contribution in [2.24, 2.45) is 4.99 Å². The molecule has 0 amide bonds. The van der Waals surface area contributed by atoms with Gasteiger partial charge in [-0.05, 0) is 43.0 Å². The first kappa shape index (κ1) is 22.4. The van der Waals surface area contributed by atoms with Gasteiger partial charge >= 0.3 is 0 Å². The fraction of sp³-hybridized carbons (Fsp3) is 0.480. The van der Waals surface area contributed by atoms with Gasteiger partial charge in [0, 0.05) is 37.9 Å². The minimum atomic E-state index is 0.312. The molecule has 1 saturated heterocycles. The van der Waals surface area contributed by atoms with Crippen molar-refractivity contribution < 1.29 is 18.9 Å². The van der Waals surface area contributed by atoms with Gasteiger partial charge in [-0.25, -0.2) is 4.99 Å². The van der Waals surface area contributed by atoms with Crippen molar-refractivity contribution >= 4 is 11.6 Å². The van der Waals surface area contributed by atoms with Gasteiger partial charge in [0.1, 0.15) is 0 Å².